The zero-order valence-corrected chi connectivity index (χ0v) is 28.4. The van der Waals surface area contributed by atoms with E-state index in [0.29, 0.717) is 44.7 Å². The summed E-state index contributed by atoms with van der Waals surface area (Å²) < 4.78 is 13.0. The first-order valence-corrected chi connectivity index (χ1v) is 17.9. The van der Waals surface area contributed by atoms with Gasteiger partial charge in [0.15, 0.2) is 17.3 Å². The minimum atomic E-state index is -0.210. The van der Waals surface area contributed by atoms with Gasteiger partial charge in [0.1, 0.15) is 11.9 Å². The van der Waals surface area contributed by atoms with Crippen molar-refractivity contribution in [2.45, 2.75) is 94.7 Å². The van der Waals surface area contributed by atoms with E-state index in [2.05, 4.69) is 40.1 Å². The van der Waals surface area contributed by atoms with Crippen LogP contribution in [0.5, 0.6) is 11.5 Å². The topological polar surface area (TPSA) is 76.2 Å². The number of methoxy groups -OCH3 is 1. The fraction of sp³-hybridized carbons (Fsp3) is 0.488. The van der Waals surface area contributed by atoms with Crippen molar-refractivity contribution in [1.82, 2.24) is 9.80 Å². The van der Waals surface area contributed by atoms with Crippen LogP contribution in [0, 0.1) is 5.92 Å². The summed E-state index contributed by atoms with van der Waals surface area (Å²) in [4.78, 5) is 43.9. The molecule has 1 amide bonds. The zero-order valence-electron chi connectivity index (χ0n) is 28.4. The Balaban J connectivity index is 1.15. The first kappa shape index (κ1) is 32.6. The van der Waals surface area contributed by atoms with Crippen molar-refractivity contribution in [2.75, 3.05) is 26.7 Å². The summed E-state index contributed by atoms with van der Waals surface area (Å²) >= 11 is 0. The van der Waals surface area contributed by atoms with E-state index in [1.54, 1.807) is 14.0 Å². The van der Waals surface area contributed by atoms with Gasteiger partial charge < -0.3 is 14.4 Å². The molecule has 2 heterocycles. The van der Waals surface area contributed by atoms with Crippen LogP contribution in [-0.2, 0) is 27.8 Å². The van der Waals surface area contributed by atoms with Crippen molar-refractivity contribution in [2.24, 2.45) is 5.92 Å². The molecule has 1 saturated heterocycles. The largest absolute Gasteiger partial charge is 0.493 e. The Bertz CT molecular complexity index is 1640. The fourth-order valence-electron chi connectivity index (χ4n) is 9.60. The number of aryl methyl sites for hydroxylation is 1. The first-order valence-electron chi connectivity index (χ1n) is 17.9. The summed E-state index contributed by atoms with van der Waals surface area (Å²) in [5.74, 6) is 2.49. The SMILES string of the molecule is COc1ccc2c3c1O[C@H]1[C@@H](N(CCCc4ccccc4)C(=O)CCCCC(=O)c4ccccc4)CC[C@H]4[C@@H](C2)N(CC(C)=O)CC[C@@]341. The molecule has 2 aliphatic carbocycles. The lowest BCUT2D eigenvalue weighted by Crippen LogP contribution is -2.69. The molecule has 48 heavy (non-hydrogen) atoms. The molecule has 3 aromatic rings. The standard InChI is InChI=1S/C41H48N2O5/c1-28(44)27-42-25-23-41-32-20-21-33(40(41)48-39-36(47-2)22-19-31(38(39)41)26-34(32)42)43(24-11-14-29-12-5-3-6-13-29)37(46)18-10-9-17-35(45)30-15-7-4-8-16-30/h3-8,12-13,15-16,19,22,32-34,40H,9-11,14,17-18,20-21,23-27H2,1-2H3/t32-,33-,34+,40-,41-/m0/s1. The summed E-state index contributed by atoms with van der Waals surface area (Å²) in [5.41, 5.74) is 4.40. The molecule has 252 valence electrons. The third-order valence-corrected chi connectivity index (χ3v) is 11.6. The van der Waals surface area contributed by atoms with Gasteiger partial charge in [-0.3, -0.25) is 19.3 Å². The van der Waals surface area contributed by atoms with Gasteiger partial charge in [-0.1, -0.05) is 66.7 Å². The van der Waals surface area contributed by atoms with Crippen molar-refractivity contribution < 1.29 is 23.9 Å². The van der Waals surface area contributed by atoms with E-state index in [0.717, 1.165) is 62.1 Å². The molecular formula is C41H48N2O5. The Hall–Kier alpha value is -3.97. The normalized spacial score (nSPS) is 25.1. The predicted molar refractivity (Wildman–Crippen MR) is 186 cm³/mol. The van der Waals surface area contributed by atoms with Crippen molar-refractivity contribution in [3.8, 4) is 11.5 Å². The van der Waals surface area contributed by atoms with Gasteiger partial charge in [0, 0.05) is 42.0 Å². The monoisotopic (exact) mass is 648 g/mol. The highest BCUT2D eigenvalue weighted by atomic mass is 16.5. The molecule has 2 aliphatic heterocycles. The molecule has 4 aliphatic rings. The Morgan fingerprint density at radius 3 is 2.44 bits per heavy atom. The van der Waals surface area contributed by atoms with Crippen molar-refractivity contribution in [3.05, 3.63) is 95.1 Å². The van der Waals surface area contributed by atoms with E-state index in [-0.39, 0.29) is 41.1 Å². The number of Topliss-reactive ketones (excluding diaryl/α,β-unsaturated/α-hetero) is 2. The molecule has 2 bridgehead atoms. The molecule has 0 aromatic heterocycles. The Labute approximate surface area is 284 Å². The second kappa shape index (κ2) is 13.9. The van der Waals surface area contributed by atoms with Crippen LogP contribution in [0.1, 0.15) is 85.3 Å². The van der Waals surface area contributed by atoms with E-state index in [1.165, 1.54) is 16.7 Å². The van der Waals surface area contributed by atoms with Gasteiger partial charge in [0.2, 0.25) is 5.91 Å². The highest BCUT2D eigenvalue weighted by Crippen LogP contribution is 2.64. The van der Waals surface area contributed by atoms with Crippen LogP contribution in [0.25, 0.3) is 0 Å². The molecular weight excluding hydrogens is 600 g/mol. The quantitative estimate of drug-likeness (QED) is 0.145. The number of rotatable bonds is 14. The number of hydrogen-bond acceptors (Lipinski definition) is 6. The highest BCUT2D eigenvalue weighted by Gasteiger charge is 2.66. The smallest absolute Gasteiger partial charge is 0.222 e. The number of carbonyl (C=O) groups excluding carboxylic acids is 3. The summed E-state index contributed by atoms with van der Waals surface area (Å²) in [7, 11) is 1.71. The molecule has 0 radical (unpaired) electrons. The number of benzene rings is 3. The Kier molecular flexibility index (Phi) is 9.41. The molecule has 2 fully saturated rings. The van der Waals surface area contributed by atoms with E-state index < -0.39 is 0 Å². The zero-order chi connectivity index (χ0) is 33.3. The maximum absolute atomic E-state index is 14.3. The lowest BCUT2D eigenvalue weighted by molar-refractivity contribution is -0.143. The van der Waals surface area contributed by atoms with Gasteiger partial charge in [-0.2, -0.15) is 0 Å². The predicted octanol–water partition coefficient (Wildman–Crippen LogP) is 6.60. The Morgan fingerprint density at radius 2 is 1.69 bits per heavy atom. The molecule has 3 aromatic carbocycles. The second-order valence-corrected chi connectivity index (χ2v) is 14.3. The molecule has 1 saturated carbocycles. The number of likely N-dealkylation sites (tertiary alicyclic amines) is 1. The van der Waals surface area contributed by atoms with E-state index in [9.17, 15) is 14.4 Å². The molecule has 7 heteroatoms. The number of piperidine rings is 1. The number of hydrogen-bond donors (Lipinski definition) is 0. The van der Waals surface area contributed by atoms with Crippen molar-refractivity contribution in [3.63, 3.8) is 0 Å². The minimum Gasteiger partial charge on any atom is -0.493 e. The third kappa shape index (κ3) is 5.95. The number of ketones is 2. The average Bonchev–Trinajstić information content (AvgIpc) is 3.45. The Morgan fingerprint density at radius 1 is 0.938 bits per heavy atom. The first-order chi connectivity index (χ1) is 23.4. The molecule has 5 atom stereocenters. The molecule has 0 unspecified atom stereocenters. The van der Waals surface area contributed by atoms with Gasteiger partial charge in [0.25, 0.3) is 0 Å². The lowest BCUT2D eigenvalue weighted by atomic mass is 9.51. The van der Waals surface area contributed by atoms with Crippen LogP contribution >= 0.6 is 0 Å². The number of amides is 1. The number of nitrogens with zero attached hydrogens (tertiary/aromatic N) is 2. The number of ether oxygens (including phenoxy) is 2. The minimum absolute atomic E-state index is 0.0569. The number of unbranched alkanes of at least 4 members (excludes halogenated alkanes) is 1. The van der Waals surface area contributed by atoms with Crippen molar-refractivity contribution in [1.29, 1.82) is 0 Å². The molecule has 7 nitrogen and oxygen atoms in total. The fourth-order valence-corrected chi connectivity index (χ4v) is 9.60. The maximum Gasteiger partial charge on any atom is 0.222 e. The summed E-state index contributed by atoms with van der Waals surface area (Å²) in [6, 6.07) is 24.4. The van der Waals surface area contributed by atoms with Crippen LogP contribution in [0.2, 0.25) is 0 Å². The average molecular weight is 649 g/mol. The third-order valence-electron chi connectivity index (χ3n) is 11.6. The lowest BCUT2D eigenvalue weighted by Gasteiger charge is -2.60. The maximum atomic E-state index is 14.3. The second-order valence-electron chi connectivity index (χ2n) is 14.3. The molecule has 7 rings (SSSR count). The van der Waals surface area contributed by atoms with E-state index >= 15 is 0 Å². The van der Waals surface area contributed by atoms with Gasteiger partial charge in [0.05, 0.1) is 19.7 Å². The van der Waals surface area contributed by atoms with Crippen LogP contribution in [-0.4, -0.2) is 72.2 Å². The molecule has 0 N–H and O–H groups in total. The van der Waals surface area contributed by atoms with Crippen LogP contribution in [0.15, 0.2) is 72.8 Å². The van der Waals surface area contributed by atoms with Crippen molar-refractivity contribution >= 4 is 17.5 Å². The van der Waals surface area contributed by atoms with E-state index in [4.69, 9.17) is 9.47 Å². The van der Waals surface area contributed by atoms with Gasteiger partial charge in [-0.05, 0) is 87.9 Å². The van der Waals surface area contributed by atoms with Crippen LogP contribution in [0.3, 0.4) is 0 Å². The van der Waals surface area contributed by atoms with Gasteiger partial charge >= 0.3 is 0 Å². The van der Waals surface area contributed by atoms with Gasteiger partial charge in [-0.15, -0.1) is 0 Å². The summed E-state index contributed by atoms with van der Waals surface area (Å²) in [6.07, 6.45) is 7.53. The van der Waals surface area contributed by atoms with Crippen LogP contribution < -0.4 is 9.47 Å². The number of carbonyl (C=O) groups is 3. The van der Waals surface area contributed by atoms with Gasteiger partial charge in [-0.25, -0.2) is 0 Å². The van der Waals surface area contributed by atoms with E-state index in [1.807, 2.05) is 42.5 Å². The summed E-state index contributed by atoms with van der Waals surface area (Å²) in [5, 5.41) is 0. The summed E-state index contributed by atoms with van der Waals surface area (Å²) in [6.45, 7) is 3.70. The highest BCUT2D eigenvalue weighted by molar-refractivity contribution is 5.96. The van der Waals surface area contributed by atoms with Crippen LogP contribution in [0.4, 0.5) is 0 Å². The molecule has 1 spiro atoms.